The molecule has 4 heteroatoms. The van der Waals surface area contributed by atoms with Gasteiger partial charge in [0.25, 0.3) is 0 Å². The molecule has 4 nitrogen and oxygen atoms in total. The topological polar surface area (TPSA) is 39.7 Å². The highest BCUT2D eigenvalue weighted by Gasteiger charge is 2.51. The standard InChI is InChI=1S/C14H27NO3/c1-4-12(11-15-3)10-13(2)16-14(18-17-13)8-6-5-7-9-14/h12,15H,4-11H2,1-3H3. The monoisotopic (exact) mass is 257 g/mol. The Labute approximate surface area is 110 Å². The molecule has 2 fully saturated rings. The molecule has 0 aromatic heterocycles. The van der Waals surface area contributed by atoms with Crippen LogP contribution in [0, 0.1) is 5.92 Å². The predicted molar refractivity (Wildman–Crippen MR) is 69.8 cm³/mol. The largest absolute Gasteiger partial charge is 0.319 e. The van der Waals surface area contributed by atoms with E-state index >= 15 is 0 Å². The average Bonchev–Trinajstić information content (AvgIpc) is 2.67. The zero-order valence-corrected chi connectivity index (χ0v) is 12.0. The number of nitrogens with one attached hydrogen (secondary N) is 1. The van der Waals surface area contributed by atoms with Gasteiger partial charge in [0.05, 0.1) is 0 Å². The molecule has 18 heavy (non-hydrogen) atoms. The maximum absolute atomic E-state index is 6.18. The Bertz CT molecular complexity index is 266. The second-order valence-corrected chi connectivity index (χ2v) is 5.91. The van der Waals surface area contributed by atoms with Gasteiger partial charge in [-0.3, -0.25) is 0 Å². The summed E-state index contributed by atoms with van der Waals surface area (Å²) in [4.78, 5) is 11.1. The van der Waals surface area contributed by atoms with E-state index in [1.165, 1.54) is 19.3 Å². The van der Waals surface area contributed by atoms with Crippen molar-refractivity contribution in [3.63, 3.8) is 0 Å². The Kier molecular flexibility index (Phi) is 4.64. The molecule has 0 aromatic rings. The summed E-state index contributed by atoms with van der Waals surface area (Å²) in [5, 5.41) is 3.23. The van der Waals surface area contributed by atoms with Crippen LogP contribution in [0.1, 0.15) is 58.8 Å². The molecular weight excluding hydrogens is 230 g/mol. The van der Waals surface area contributed by atoms with Crippen LogP contribution in [0.25, 0.3) is 0 Å². The van der Waals surface area contributed by atoms with Gasteiger partial charge in [-0.2, -0.15) is 9.78 Å². The first-order valence-corrected chi connectivity index (χ1v) is 7.33. The SMILES string of the molecule is CCC(CNC)CC1(C)OOC2(CCCCC2)O1. The molecule has 1 N–H and O–H groups in total. The zero-order chi connectivity index (χ0) is 13.1. The molecule has 1 aliphatic carbocycles. The summed E-state index contributed by atoms with van der Waals surface area (Å²) in [5.41, 5.74) is 0. The lowest BCUT2D eigenvalue weighted by Crippen LogP contribution is -2.38. The molecule has 106 valence electrons. The minimum atomic E-state index is -0.575. The number of hydrogen-bond acceptors (Lipinski definition) is 4. The van der Waals surface area contributed by atoms with Crippen LogP contribution in [0.4, 0.5) is 0 Å². The van der Waals surface area contributed by atoms with Crippen molar-refractivity contribution in [2.75, 3.05) is 13.6 Å². The van der Waals surface area contributed by atoms with Crippen LogP contribution in [-0.4, -0.2) is 25.2 Å². The third kappa shape index (κ3) is 3.23. The van der Waals surface area contributed by atoms with Crippen molar-refractivity contribution < 1.29 is 14.5 Å². The average molecular weight is 257 g/mol. The third-order valence-electron chi connectivity index (χ3n) is 4.12. The van der Waals surface area contributed by atoms with E-state index in [-0.39, 0.29) is 0 Å². The van der Waals surface area contributed by atoms with E-state index in [1.54, 1.807) is 0 Å². The fourth-order valence-corrected chi connectivity index (χ4v) is 3.12. The lowest BCUT2D eigenvalue weighted by molar-refractivity contribution is -0.353. The molecule has 1 spiro atoms. The van der Waals surface area contributed by atoms with Gasteiger partial charge in [0.1, 0.15) is 0 Å². The van der Waals surface area contributed by atoms with Gasteiger partial charge in [0.2, 0.25) is 11.6 Å². The van der Waals surface area contributed by atoms with Crippen molar-refractivity contribution in [3.8, 4) is 0 Å². The van der Waals surface area contributed by atoms with E-state index in [0.29, 0.717) is 5.92 Å². The summed E-state index contributed by atoms with van der Waals surface area (Å²) >= 11 is 0. The van der Waals surface area contributed by atoms with Gasteiger partial charge < -0.3 is 10.1 Å². The lowest BCUT2D eigenvalue weighted by Gasteiger charge is -2.31. The molecule has 1 saturated carbocycles. The first-order valence-electron chi connectivity index (χ1n) is 7.33. The van der Waals surface area contributed by atoms with E-state index in [1.807, 2.05) is 14.0 Å². The van der Waals surface area contributed by atoms with E-state index < -0.39 is 11.6 Å². The maximum Gasteiger partial charge on any atom is 0.204 e. The molecule has 2 aliphatic rings. The maximum atomic E-state index is 6.18. The molecule has 1 saturated heterocycles. The van der Waals surface area contributed by atoms with E-state index in [0.717, 1.165) is 32.2 Å². The highest BCUT2D eigenvalue weighted by Crippen LogP contribution is 2.44. The summed E-state index contributed by atoms with van der Waals surface area (Å²) in [5.74, 6) is -0.470. The Morgan fingerprint density at radius 3 is 2.50 bits per heavy atom. The Morgan fingerprint density at radius 2 is 1.89 bits per heavy atom. The number of hydrogen-bond donors (Lipinski definition) is 1. The quantitative estimate of drug-likeness (QED) is 0.769. The van der Waals surface area contributed by atoms with Gasteiger partial charge in [0, 0.05) is 19.3 Å². The minimum Gasteiger partial charge on any atom is -0.319 e. The Hall–Kier alpha value is -0.160. The van der Waals surface area contributed by atoms with E-state index in [9.17, 15) is 0 Å². The fourth-order valence-electron chi connectivity index (χ4n) is 3.12. The van der Waals surface area contributed by atoms with Crippen molar-refractivity contribution in [1.82, 2.24) is 5.32 Å². The number of ether oxygens (including phenoxy) is 1. The summed E-state index contributed by atoms with van der Waals surface area (Å²) in [6.45, 7) is 5.21. The van der Waals surface area contributed by atoms with Crippen molar-refractivity contribution in [2.24, 2.45) is 5.92 Å². The molecule has 2 unspecified atom stereocenters. The molecule has 2 rings (SSSR count). The van der Waals surface area contributed by atoms with Gasteiger partial charge in [0.15, 0.2) is 0 Å². The van der Waals surface area contributed by atoms with Gasteiger partial charge in [-0.1, -0.05) is 19.8 Å². The predicted octanol–water partition coefficient (Wildman–Crippen LogP) is 2.98. The van der Waals surface area contributed by atoms with E-state index in [2.05, 4.69) is 12.2 Å². The van der Waals surface area contributed by atoms with Gasteiger partial charge >= 0.3 is 0 Å². The third-order valence-corrected chi connectivity index (χ3v) is 4.12. The second kappa shape index (κ2) is 5.87. The Balaban J connectivity index is 1.92. The minimum absolute atomic E-state index is 0.453. The van der Waals surface area contributed by atoms with Crippen LogP contribution in [0.2, 0.25) is 0 Å². The van der Waals surface area contributed by atoms with Crippen LogP contribution in [-0.2, 0) is 14.5 Å². The van der Waals surface area contributed by atoms with Crippen LogP contribution in [0.5, 0.6) is 0 Å². The van der Waals surface area contributed by atoms with Crippen LogP contribution >= 0.6 is 0 Å². The molecule has 0 bridgehead atoms. The molecule has 0 radical (unpaired) electrons. The van der Waals surface area contributed by atoms with Gasteiger partial charge in [-0.25, -0.2) is 0 Å². The number of rotatable bonds is 5. The molecule has 1 heterocycles. The van der Waals surface area contributed by atoms with Crippen LogP contribution < -0.4 is 5.32 Å². The normalized spacial score (nSPS) is 32.8. The highest BCUT2D eigenvalue weighted by molar-refractivity contribution is 4.82. The molecule has 1 aliphatic heterocycles. The molecule has 0 amide bonds. The lowest BCUT2D eigenvalue weighted by atomic mass is 9.93. The van der Waals surface area contributed by atoms with Crippen molar-refractivity contribution in [2.45, 2.75) is 70.4 Å². The summed E-state index contributed by atoms with van der Waals surface area (Å²) in [6, 6.07) is 0. The summed E-state index contributed by atoms with van der Waals surface area (Å²) < 4.78 is 6.18. The molecule has 2 atom stereocenters. The van der Waals surface area contributed by atoms with Crippen molar-refractivity contribution >= 4 is 0 Å². The summed E-state index contributed by atoms with van der Waals surface area (Å²) in [7, 11) is 1.99. The molecular formula is C14H27NO3. The van der Waals surface area contributed by atoms with Crippen molar-refractivity contribution in [3.05, 3.63) is 0 Å². The van der Waals surface area contributed by atoms with Crippen LogP contribution in [0.15, 0.2) is 0 Å². The first-order chi connectivity index (χ1) is 8.61. The van der Waals surface area contributed by atoms with E-state index in [4.69, 9.17) is 14.5 Å². The fraction of sp³-hybridized carbons (Fsp3) is 1.00. The zero-order valence-electron chi connectivity index (χ0n) is 12.0. The summed E-state index contributed by atoms with van der Waals surface area (Å²) in [6.07, 6.45) is 7.56. The van der Waals surface area contributed by atoms with Gasteiger partial charge in [-0.05, 0) is 39.3 Å². The first kappa shape index (κ1) is 14.3. The van der Waals surface area contributed by atoms with Gasteiger partial charge in [-0.15, -0.1) is 0 Å². The second-order valence-electron chi connectivity index (χ2n) is 5.91. The molecule has 0 aromatic carbocycles. The highest BCUT2D eigenvalue weighted by atomic mass is 17.3. The Morgan fingerprint density at radius 1 is 1.17 bits per heavy atom. The van der Waals surface area contributed by atoms with Crippen molar-refractivity contribution in [1.29, 1.82) is 0 Å². The van der Waals surface area contributed by atoms with Crippen LogP contribution in [0.3, 0.4) is 0 Å². The smallest absolute Gasteiger partial charge is 0.204 e.